The van der Waals surface area contributed by atoms with E-state index in [9.17, 15) is 9.82 Å². The standard InChI is InChI=1S/C9H9BO3S/c1-14-9(11)6-2-3-7-5-13-10(12)8(7)4-6/h2-4,12H,5H2,1H3. The van der Waals surface area contributed by atoms with Crippen molar-refractivity contribution >= 4 is 29.5 Å². The Labute approximate surface area is 86.6 Å². The van der Waals surface area contributed by atoms with Crippen molar-refractivity contribution in [2.75, 3.05) is 6.26 Å². The number of hydrogen-bond donors (Lipinski definition) is 1. The van der Waals surface area contributed by atoms with E-state index in [1.807, 2.05) is 6.07 Å². The van der Waals surface area contributed by atoms with Gasteiger partial charge in [-0.1, -0.05) is 30.0 Å². The molecule has 1 aliphatic rings. The van der Waals surface area contributed by atoms with Gasteiger partial charge >= 0.3 is 7.12 Å². The van der Waals surface area contributed by atoms with E-state index in [1.165, 1.54) is 0 Å². The Hall–Kier alpha value is -0.775. The second kappa shape index (κ2) is 3.77. The first-order valence-electron chi connectivity index (χ1n) is 4.23. The Kier molecular flexibility index (Phi) is 2.63. The van der Waals surface area contributed by atoms with Crippen LogP contribution in [0, 0.1) is 0 Å². The molecule has 72 valence electrons. The van der Waals surface area contributed by atoms with Crippen molar-refractivity contribution in [3.8, 4) is 0 Å². The second-order valence-electron chi connectivity index (χ2n) is 3.07. The lowest BCUT2D eigenvalue weighted by molar-refractivity contribution is 0.108. The predicted molar refractivity (Wildman–Crippen MR) is 56.7 cm³/mol. The van der Waals surface area contributed by atoms with E-state index in [0.29, 0.717) is 17.6 Å². The number of hydrogen-bond acceptors (Lipinski definition) is 4. The maximum absolute atomic E-state index is 11.4. The molecule has 1 heterocycles. The molecule has 1 N–H and O–H groups in total. The van der Waals surface area contributed by atoms with Crippen molar-refractivity contribution in [3.05, 3.63) is 29.3 Å². The summed E-state index contributed by atoms with van der Waals surface area (Å²) in [7, 11) is -0.875. The SMILES string of the molecule is CSC(=O)c1ccc2c(c1)B(O)OC2. The van der Waals surface area contributed by atoms with Crippen LogP contribution in [0.25, 0.3) is 0 Å². The molecule has 0 aromatic heterocycles. The third-order valence-corrected chi connectivity index (χ3v) is 2.84. The molecule has 0 aliphatic carbocycles. The lowest BCUT2D eigenvalue weighted by Gasteiger charge is -2.01. The molecule has 1 aromatic rings. The Bertz CT molecular complexity index is 380. The van der Waals surface area contributed by atoms with Crippen LogP contribution in [0.3, 0.4) is 0 Å². The van der Waals surface area contributed by atoms with Gasteiger partial charge in [0.15, 0.2) is 0 Å². The van der Waals surface area contributed by atoms with Crippen molar-refractivity contribution in [1.82, 2.24) is 0 Å². The predicted octanol–water partition coefficient (Wildman–Crippen LogP) is 0.408. The molecule has 0 amide bonds. The first-order chi connectivity index (χ1) is 6.72. The summed E-state index contributed by atoms with van der Waals surface area (Å²) >= 11 is 1.16. The van der Waals surface area contributed by atoms with E-state index in [-0.39, 0.29) is 5.12 Å². The fourth-order valence-electron chi connectivity index (χ4n) is 1.46. The van der Waals surface area contributed by atoms with Crippen LogP contribution in [0.1, 0.15) is 15.9 Å². The van der Waals surface area contributed by atoms with Gasteiger partial charge in [0.25, 0.3) is 0 Å². The van der Waals surface area contributed by atoms with Gasteiger partial charge in [0.2, 0.25) is 5.12 Å². The summed E-state index contributed by atoms with van der Waals surface area (Å²) in [5.41, 5.74) is 2.28. The van der Waals surface area contributed by atoms with Crippen molar-refractivity contribution < 1.29 is 14.5 Å². The summed E-state index contributed by atoms with van der Waals surface area (Å²) < 4.78 is 5.03. The topological polar surface area (TPSA) is 46.5 Å². The summed E-state index contributed by atoms with van der Waals surface area (Å²) in [6, 6.07) is 5.29. The monoisotopic (exact) mass is 208 g/mol. The zero-order valence-electron chi connectivity index (χ0n) is 7.69. The first kappa shape index (κ1) is 9.77. The number of benzene rings is 1. The normalized spacial score (nSPS) is 14.3. The Morgan fingerprint density at radius 1 is 1.64 bits per heavy atom. The molecule has 0 unspecified atom stereocenters. The first-order valence-corrected chi connectivity index (χ1v) is 5.45. The number of fused-ring (bicyclic) bond motifs is 1. The van der Waals surface area contributed by atoms with Gasteiger partial charge in [0.1, 0.15) is 0 Å². The summed E-state index contributed by atoms with van der Waals surface area (Å²) in [6.45, 7) is 0.421. The Morgan fingerprint density at radius 2 is 2.43 bits per heavy atom. The van der Waals surface area contributed by atoms with Gasteiger partial charge in [-0.25, -0.2) is 0 Å². The van der Waals surface area contributed by atoms with Gasteiger partial charge in [-0.2, -0.15) is 0 Å². The minimum Gasteiger partial charge on any atom is -0.423 e. The molecule has 1 aromatic carbocycles. The van der Waals surface area contributed by atoms with E-state index in [2.05, 4.69) is 0 Å². The van der Waals surface area contributed by atoms with E-state index < -0.39 is 7.12 Å². The molecule has 0 fully saturated rings. The highest BCUT2D eigenvalue weighted by Gasteiger charge is 2.27. The van der Waals surface area contributed by atoms with E-state index >= 15 is 0 Å². The van der Waals surface area contributed by atoms with E-state index in [4.69, 9.17) is 4.65 Å². The molecule has 5 heteroatoms. The van der Waals surface area contributed by atoms with Crippen LogP contribution in [-0.2, 0) is 11.3 Å². The van der Waals surface area contributed by atoms with Crippen molar-refractivity contribution in [2.45, 2.75) is 6.61 Å². The summed E-state index contributed by atoms with van der Waals surface area (Å²) in [4.78, 5) is 11.4. The molecule has 0 bridgehead atoms. The van der Waals surface area contributed by atoms with Gasteiger partial charge < -0.3 is 9.68 Å². The maximum atomic E-state index is 11.4. The minimum atomic E-state index is -0.875. The largest absolute Gasteiger partial charge is 0.491 e. The van der Waals surface area contributed by atoms with Crippen LogP contribution < -0.4 is 5.46 Å². The molecular weight excluding hydrogens is 199 g/mol. The average molecular weight is 208 g/mol. The smallest absolute Gasteiger partial charge is 0.423 e. The van der Waals surface area contributed by atoms with Crippen molar-refractivity contribution in [1.29, 1.82) is 0 Å². The van der Waals surface area contributed by atoms with Crippen LogP contribution in [0.2, 0.25) is 0 Å². The van der Waals surface area contributed by atoms with Crippen molar-refractivity contribution in [3.63, 3.8) is 0 Å². The average Bonchev–Trinajstić information content (AvgIpc) is 2.59. The number of carbonyl (C=O) groups is 1. The van der Waals surface area contributed by atoms with Gasteiger partial charge in [0.05, 0.1) is 6.61 Å². The van der Waals surface area contributed by atoms with E-state index in [0.717, 1.165) is 17.3 Å². The Balaban J connectivity index is 2.39. The maximum Gasteiger partial charge on any atom is 0.491 e. The Morgan fingerprint density at radius 3 is 3.14 bits per heavy atom. The zero-order chi connectivity index (χ0) is 10.1. The summed E-state index contributed by atoms with van der Waals surface area (Å²) in [5, 5.41) is 9.43. The van der Waals surface area contributed by atoms with Crippen LogP contribution in [-0.4, -0.2) is 23.5 Å². The van der Waals surface area contributed by atoms with Crippen LogP contribution in [0.5, 0.6) is 0 Å². The molecule has 0 radical (unpaired) electrons. The van der Waals surface area contributed by atoms with Gasteiger partial charge in [-0.3, -0.25) is 4.79 Å². The summed E-state index contributed by atoms with van der Waals surface area (Å²) in [5.74, 6) is 0. The molecule has 0 spiro atoms. The number of carbonyl (C=O) groups excluding carboxylic acids is 1. The minimum absolute atomic E-state index is 0.00639. The zero-order valence-corrected chi connectivity index (χ0v) is 8.50. The molecule has 2 rings (SSSR count). The number of thioether (sulfide) groups is 1. The molecule has 14 heavy (non-hydrogen) atoms. The highest BCUT2D eigenvalue weighted by atomic mass is 32.2. The highest BCUT2D eigenvalue weighted by molar-refractivity contribution is 8.13. The molecule has 0 saturated carbocycles. The van der Waals surface area contributed by atoms with Crippen molar-refractivity contribution in [2.24, 2.45) is 0 Å². The molecule has 3 nitrogen and oxygen atoms in total. The second-order valence-corrected chi connectivity index (χ2v) is 3.85. The van der Waals surface area contributed by atoms with E-state index in [1.54, 1.807) is 18.4 Å². The quantitative estimate of drug-likeness (QED) is 0.679. The molecular formula is C9H9BO3S. The fourth-order valence-corrected chi connectivity index (χ4v) is 1.82. The van der Waals surface area contributed by atoms with Gasteiger partial charge in [-0.05, 0) is 17.3 Å². The van der Waals surface area contributed by atoms with Gasteiger partial charge in [0, 0.05) is 5.56 Å². The third kappa shape index (κ3) is 1.58. The van der Waals surface area contributed by atoms with Gasteiger partial charge in [-0.15, -0.1) is 0 Å². The molecule has 0 saturated heterocycles. The summed E-state index contributed by atoms with van der Waals surface area (Å²) in [6.07, 6.45) is 1.74. The van der Waals surface area contributed by atoms with Crippen LogP contribution in [0.15, 0.2) is 18.2 Å². The highest BCUT2D eigenvalue weighted by Crippen LogP contribution is 2.14. The number of rotatable bonds is 1. The fraction of sp³-hybridized carbons (Fsp3) is 0.222. The lowest BCUT2D eigenvalue weighted by Crippen LogP contribution is -2.28. The molecule has 1 aliphatic heterocycles. The van der Waals surface area contributed by atoms with Crippen LogP contribution in [0.4, 0.5) is 0 Å². The third-order valence-electron chi connectivity index (χ3n) is 2.23. The van der Waals surface area contributed by atoms with Crippen LogP contribution >= 0.6 is 11.8 Å². The lowest BCUT2D eigenvalue weighted by atomic mass is 9.79. The molecule has 0 atom stereocenters.